The Bertz CT molecular complexity index is 508. The summed E-state index contributed by atoms with van der Waals surface area (Å²) in [6, 6.07) is 4.87. The van der Waals surface area contributed by atoms with Crippen molar-refractivity contribution >= 4 is 34.9 Å². The number of hydrogen-bond donors (Lipinski definition) is 2. The normalized spacial score (nSPS) is 17.6. The molecule has 0 saturated carbocycles. The van der Waals surface area contributed by atoms with E-state index in [2.05, 4.69) is 12.2 Å². The van der Waals surface area contributed by atoms with Crippen LogP contribution < -0.4 is 5.32 Å². The van der Waals surface area contributed by atoms with E-state index in [0.29, 0.717) is 28.8 Å². The summed E-state index contributed by atoms with van der Waals surface area (Å²) in [5, 5.41) is 13.2. The maximum atomic E-state index is 12.2. The monoisotopic (exact) mass is 330 g/mol. The molecule has 116 valence electrons. The lowest BCUT2D eigenvalue weighted by Gasteiger charge is -2.40. The third kappa shape index (κ3) is 3.82. The van der Waals surface area contributed by atoms with Crippen LogP contribution in [0.2, 0.25) is 10.0 Å². The van der Waals surface area contributed by atoms with Gasteiger partial charge in [-0.1, -0.05) is 30.1 Å². The van der Waals surface area contributed by atoms with E-state index in [-0.39, 0.29) is 18.1 Å². The van der Waals surface area contributed by atoms with E-state index in [9.17, 15) is 9.90 Å². The zero-order chi connectivity index (χ0) is 15.5. The predicted octanol–water partition coefficient (Wildman–Crippen LogP) is 4.01. The number of carbonyl (C=O) groups excluding carboxylic acids is 1. The molecule has 0 spiro atoms. The number of benzene rings is 1. The fraction of sp³-hybridized carbons (Fsp3) is 0.533. The lowest BCUT2D eigenvalue weighted by Crippen LogP contribution is -2.46. The van der Waals surface area contributed by atoms with Crippen molar-refractivity contribution in [3.63, 3.8) is 0 Å². The highest BCUT2D eigenvalue weighted by Crippen LogP contribution is 2.34. The van der Waals surface area contributed by atoms with Gasteiger partial charge in [-0.05, 0) is 42.9 Å². The molecule has 1 saturated heterocycles. The molecule has 0 aromatic heterocycles. The predicted molar refractivity (Wildman–Crippen MR) is 86.1 cm³/mol. The van der Waals surface area contributed by atoms with Gasteiger partial charge >= 0.3 is 6.03 Å². The van der Waals surface area contributed by atoms with Crippen LogP contribution in [0.5, 0.6) is 0 Å². The highest BCUT2D eigenvalue weighted by molar-refractivity contribution is 6.42. The maximum absolute atomic E-state index is 12.2. The first-order valence-electron chi connectivity index (χ1n) is 7.11. The SMILES string of the molecule is CCC1(CO)CCN(C(=O)Nc2ccc(Cl)c(Cl)c2)CC1. The van der Waals surface area contributed by atoms with Crippen LogP contribution >= 0.6 is 23.2 Å². The van der Waals surface area contributed by atoms with Crippen molar-refractivity contribution in [3.05, 3.63) is 28.2 Å². The molecule has 1 heterocycles. The van der Waals surface area contributed by atoms with E-state index in [1.54, 1.807) is 23.1 Å². The molecule has 2 rings (SSSR count). The van der Waals surface area contributed by atoms with E-state index >= 15 is 0 Å². The molecule has 0 atom stereocenters. The van der Waals surface area contributed by atoms with E-state index in [1.807, 2.05) is 0 Å². The van der Waals surface area contributed by atoms with E-state index in [0.717, 1.165) is 19.3 Å². The molecule has 1 aromatic rings. The first-order valence-corrected chi connectivity index (χ1v) is 7.87. The van der Waals surface area contributed by atoms with Gasteiger partial charge in [0, 0.05) is 25.4 Å². The lowest BCUT2D eigenvalue weighted by molar-refractivity contribution is 0.0542. The Labute approximate surface area is 135 Å². The standard InChI is InChI=1S/C15H20Cl2N2O2/c1-2-15(10-20)5-7-19(8-6-15)14(21)18-11-3-4-12(16)13(17)9-11/h3-4,9,20H,2,5-8,10H2,1H3,(H,18,21). The number of aliphatic hydroxyl groups excluding tert-OH is 1. The third-order valence-corrected chi connectivity index (χ3v) is 5.11. The summed E-state index contributed by atoms with van der Waals surface area (Å²) in [6.45, 7) is 3.58. The summed E-state index contributed by atoms with van der Waals surface area (Å²) in [5.74, 6) is 0. The first-order chi connectivity index (χ1) is 9.99. The van der Waals surface area contributed by atoms with Gasteiger partial charge in [0.15, 0.2) is 0 Å². The second kappa shape index (κ2) is 6.86. The Morgan fingerprint density at radius 2 is 2.00 bits per heavy atom. The van der Waals surface area contributed by atoms with Crippen LogP contribution in [-0.4, -0.2) is 35.7 Å². The lowest BCUT2D eigenvalue weighted by atomic mass is 9.77. The average Bonchev–Trinajstić information content (AvgIpc) is 2.51. The minimum atomic E-state index is -0.143. The molecule has 1 fully saturated rings. The van der Waals surface area contributed by atoms with Crippen molar-refractivity contribution < 1.29 is 9.90 Å². The maximum Gasteiger partial charge on any atom is 0.321 e. The molecule has 1 aromatic carbocycles. The Balaban J connectivity index is 1.94. The van der Waals surface area contributed by atoms with Gasteiger partial charge in [0.1, 0.15) is 0 Å². The molecular formula is C15H20Cl2N2O2. The number of rotatable bonds is 3. The largest absolute Gasteiger partial charge is 0.396 e. The topological polar surface area (TPSA) is 52.6 Å². The van der Waals surface area contributed by atoms with E-state index in [4.69, 9.17) is 23.2 Å². The number of anilines is 1. The molecule has 1 aliphatic heterocycles. The minimum Gasteiger partial charge on any atom is -0.396 e. The molecule has 21 heavy (non-hydrogen) atoms. The molecule has 0 radical (unpaired) electrons. The van der Waals surface area contributed by atoms with Gasteiger partial charge in [-0.2, -0.15) is 0 Å². The molecule has 2 amide bonds. The highest BCUT2D eigenvalue weighted by Gasteiger charge is 2.33. The highest BCUT2D eigenvalue weighted by atomic mass is 35.5. The van der Waals surface area contributed by atoms with Crippen molar-refractivity contribution in [2.75, 3.05) is 25.0 Å². The van der Waals surface area contributed by atoms with Gasteiger partial charge in [0.25, 0.3) is 0 Å². The number of nitrogens with one attached hydrogen (secondary N) is 1. The number of carbonyl (C=O) groups is 1. The van der Waals surface area contributed by atoms with Gasteiger partial charge in [0.05, 0.1) is 10.0 Å². The van der Waals surface area contributed by atoms with Crippen molar-refractivity contribution in [2.24, 2.45) is 5.41 Å². The molecule has 2 N–H and O–H groups in total. The van der Waals surface area contributed by atoms with Crippen LogP contribution in [0.15, 0.2) is 18.2 Å². The summed E-state index contributed by atoms with van der Waals surface area (Å²) >= 11 is 11.8. The zero-order valence-corrected chi connectivity index (χ0v) is 13.5. The number of nitrogens with zero attached hydrogens (tertiary/aromatic N) is 1. The van der Waals surface area contributed by atoms with Gasteiger partial charge in [0.2, 0.25) is 0 Å². The number of amides is 2. The van der Waals surface area contributed by atoms with Gasteiger partial charge < -0.3 is 15.3 Å². The summed E-state index contributed by atoms with van der Waals surface area (Å²) in [6.07, 6.45) is 2.59. The summed E-state index contributed by atoms with van der Waals surface area (Å²) in [4.78, 5) is 14.0. The van der Waals surface area contributed by atoms with E-state index in [1.165, 1.54) is 0 Å². The zero-order valence-electron chi connectivity index (χ0n) is 12.0. The molecule has 0 aliphatic carbocycles. The number of piperidine rings is 1. The third-order valence-electron chi connectivity index (χ3n) is 4.37. The Morgan fingerprint density at radius 3 is 2.52 bits per heavy atom. The van der Waals surface area contributed by atoms with Gasteiger partial charge in [-0.15, -0.1) is 0 Å². The number of aliphatic hydroxyl groups is 1. The second-order valence-corrected chi connectivity index (χ2v) is 6.37. The molecule has 1 aliphatic rings. The molecule has 6 heteroatoms. The van der Waals surface area contributed by atoms with Crippen LogP contribution in [0.25, 0.3) is 0 Å². The van der Waals surface area contributed by atoms with Crippen molar-refractivity contribution in [3.8, 4) is 0 Å². The molecular weight excluding hydrogens is 311 g/mol. The van der Waals surface area contributed by atoms with Crippen LogP contribution in [-0.2, 0) is 0 Å². The fourth-order valence-corrected chi connectivity index (χ4v) is 2.88. The summed E-state index contributed by atoms with van der Waals surface area (Å²) in [7, 11) is 0. The first kappa shape index (κ1) is 16.4. The van der Waals surface area contributed by atoms with Crippen LogP contribution in [0.3, 0.4) is 0 Å². The number of likely N-dealkylation sites (tertiary alicyclic amines) is 1. The summed E-state index contributed by atoms with van der Waals surface area (Å²) in [5.41, 5.74) is 0.601. The summed E-state index contributed by atoms with van der Waals surface area (Å²) < 4.78 is 0. The Morgan fingerprint density at radius 1 is 1.33 bits per heavy atom. The van der Waals surface area contributed by atoms with Crippen LogP contribution in [0.4, 0.5) is 10.5 Å². The van der Waals surface area contributed by atoms with Crippen molar-refractivity contribution in [2.45, 2.75) is 26.2 Å². The van der Waals surface area contributed by atoms with Gasteiger partial charge in [-0.25, -0.2) is 4.79 Å². The molecule has 4 nitrogen and oxygen atoms in total. The Hall–Kier alpha value is -0.970. The number of halogens is 2. The number of hydrogen-bond acceptors (Lipinski definition) is 2. The fourth-order valence-electron chi connectivity index (χ4n) is 2.58. The number of urea groups is 1. The Kier molecular flexibility index (Phi) is 5.36. The van der Waals surface area contributed by atoms with Gasteiger partial charge in [-0.3, -0.25) is 0 Å². The van der Waals surface area contributed by atoms with Crippen molar-refractivity contribution in [1.29, 1.82) is 0 Å². The van der Waals surface area contributed by atoms with Crippen molar-refractivity contribution in [1.82, 2.24) is 4.90 Å². The van der Waals surface area contributed by atoms with Crippen LogP contribution in [0, 0.1) is 5.41 Å². The van der Waals surface area contributed by atoms with Crippen LogP contribution in [0.1, 0.15) is 26.2 Å². The smallest absolute Gasteiger partial charge is 0.321 e. The molecule has 0 unspecified atom stereocenters. The van der Waals surface area contributed by atoms with E-state index < -0.39 is 0 Å². The average molecular weight is 331 g/mol. The molecule has 0 bridgehead atoms. The second-order valence-electron chi connectivity index (χ2n) is 5.56. The quantitative estimate of drug-likeness (QED) is 0.879. The minimum absolute atomic E-state index is 0.0274.